The molecule has 8 heavy (non-hydrogen) atoms. The Hall–Kier alpha value is -0.760. The van der Waals surface area contributed by atoms with Crippen molar-refractivity contribution in [3.05, 3.63) is 25.5 Å². The molecule has 0 saturated carbocycles. The highest BCUT2D eigenvalue weighted by atomic mass is 16.6. The van der Waals surface area contributed by atoms with Crippen LogP contribution in [-0.2, 0) is 4.74 Å². The second-order valence-corrected chi connectivity index (χ2v) is 1.54. The van der Waals surface area contributed by atoms with Gasteiger partial charge in [-0.3, -0.25) is 0 Å². The Balaban J connectivity index is 3.70. The van der Waals surface area contributed by atoms with Crippen LogP contribution in [-0.4, -0.2) is 10.9 Å². The topological polar surface area (TPSA) is 29.5 Å². The van der Waals surface area contributed by atoms with Gasteiger partial charge in [-0.1, -0.05) is 13.2 Å². The Morgan fingerprint density at radius 3 is 2.25 bits per heavy atom. The minimum Gasteiger partial charge on any atom is -0.467 e. The molecule has 0 bridgehead atoms. The summed E-state index contributed by atoms with van der Waals surface area (Å²) in [6.45, 7) is 8.07. The molecule has 2 nitrogen and oxygen atoms in total. The Morgan fingerprint density at radius 2 is 2.12 bits per heavy atom. The summed E-state index contributed by atoms with van der Waals surface area (Å²) in [6.07, 6.45) is 2.45. The molecule has 0 aromatic rings. The molecule has 0 aliphatic carbocycles. The highest BCUT2D eigenvalue weighted by molar-refractivity contribution is 4.84. The third-order valence-electron chi connectivity index (χ3n) is 0.701. The molecule has 0 spiro atoms. The molecule has 0 saturated heterocycles. The zero-order valence-corrected chi connectivity index (χ0v) is 4.92. The van der Waals surface area contributed by atoms with E-state index in [2.05, 4.69) is 17.9 Å². The number of ether oxygens (including phenoxy) is 1. The van der Waals surface area contributed by atoms with Crippen LogP contribution >= 0.6 is 0 Å². The van der Waals surface area contributed by atoms with Crippen molar-refractivity contribution in [1.82, 2.24) is 0 Å². The Labute approximate surface area is 49.1 Å². The van der Waals surface area contributed by atoms with Crippen molar-refractivity contribution >= 4 is 0 Å². The summed E-state index contributed by atoms with van der Waals surface area (Å²) in [5.74, 6) is -1.26. The van der Waals surface area contributed by atoms with Crippen LogP contribution in [0.3, 0.4) is 0 Å². The molecule has 2 heteroatoms. The molecule has 1 atom stereocenters. The smallest absolute Gasteiger partial charge is 0.223 e. The average Bonchev–Trinajstić information content (AvgIpc) is 1.67. The van der Waals surface area contributed by atoms with E-state index in [0.29, 0.717) is 0 Å². The van der Waals surface area contributed by atoms with E-state index in [1.54, 1.807) is 0 Å². The van der Waals surface area contributed by atoms with Crippen LogP contribution in [0.15, 0.2) is 25.5 Å². The summed E-state index contributed by atoms with van der Waals surface area (Å²) in [4.78, 5) is 0. The lowest BCUT2D eigenvalue weighted by molar-refractivity contribution is -0.109. The van der Waals surface area contributed by atoms with Gasteiger partial charge in [0.05, 0.1) is 6.26 Å². The maximum Gasteiger partial charge on any atom is 0.223 e. The van der Waals surface area contributed by atoms with Gasteiger partial charge in [-0.2, -0.15) is 0 Å². The molecule has 46 valence electrons. The zero-order chi connectivity index (χ0) is 6.62. The molecule has 0 aromatic carbocycles. The summed E-state index contributed by atoms with van der Waals surface area (Å²) in [7, 11) is 0. The van der Waals surface area contributed by atoms with Gasteiger partial charge in [0.15, 0.2) is 0 Å². The molecule has 0 aliphatic heterocycles. The van der Waals surface area contributed by atoms with E-state index in [4.69, 9.17) is 5.11 Å². The summed E-state index contributed by atoms with van der Waals surface area (Å²) in [5, 5.41) is 8.91. The third kappa shape index (κ3) is 2.42. The van der Waals surface area contributed by atoms with Crippen LogP contribution < -0.4 is 0 Å². The zero-order valence-electron chi connectivity index (χ0n) is 4.92. The van der Waals surface area contributed by atoms with Gasteiger partial charge < -0.3 is 9.84 Å². The summed E-state index contributed by atoms with van der Waals surface area (Å²) in [5.41, 5.74) is 0. The first-order valence-electron chi connectivity index (χ1n) is 2.27. The fourth-order valence-corrected chi connectivity index (χ4v) is 0.217. The fraction of sp³-hybridized carbons (Fsp3) is 0.333. The molecule has 0 rings (SSSR count). The summed E-state index contributed by atoms with van der Waals surface area (Å²) in [6, 6.07) is 0. The molecule has 1 N–H and O–H groups in total. The maximum absolute atomic E-state index is 8.91. The summed E-state index contributed by atoms with van der Waals surface area (Å²) >= 11 is 0. The summed E-state index contributed by atoms with van der Waals surface area (Å²) < 4.78 is 4.58. The van der Waals surface area contributed by atoms with Gasteiger partial charge >= 0.3 is 0 Å². The highest BCUT2D eigenvalue weighted by Gasteiger charge is 2.12. The van der Waals surface area contributed by atoms with Gasteiger partial charge in [0.25, 0.3) is 0 Å². The van der Waals surface area contributed by atoms with Crippen LogP contribution in [0.1, 0.15) is 6.92 Å². The van der Waals surface area contributed by atoms with E-state index in [1.165, 1.54) is 19.3 Å². The molecular weight excluding hydrogens is 104 g/mol. The number of hydrogen-bond donors (Lipinski definition) is 1. The van der Waals surface area contributed by atoms with Crippen molar-refractivity contribution in [3.8, 4) is 0 Å². The SMILES string of the molecule is C=COC(C)(O)C=C. The molecule has 0 aromatic heterocycles. The highest BCUT2D eigenvalue weighted by Crippen LogP contribution is 2.04. The Morgan fingerprint density at radius 1 is 1.62 bits per heavy atom. The average molecular weight is 114 g/mol. The molecule has 0 amide bonds. The lowest BCUT2D eigenvalue weighted by atomic mass is 10.3. The fourth-order valence-electron chi connectivity index (χ4n) is 0.217. The lowest BCUT2D eigenvalue weighted by Gasteiger charge is -2.16. The first kappa shape index (κ1) is 7.24. The van der Waals surface area contributed by atoms with Gasteiger partial charge in [0.1, 0.15) is 0 Å². The predicted molar refractivity (Wildman–Crippen MR) is 32.1 cm³/mol. The van der Waals surface area contributed by atoms with E-state index in [9.17, 15) is 0 Å². The number of aliphatic hydroxyl groups is 1. The first-order valence-corrected chi connectivity index (χ1v) is 2.27. The molecule has 0 aliphatic rings. The maximum atomic E-state index is 8.91. The van der Waals surface area contributed by atoms with Crippen LogP contribution in [0.4, 0.5) is 0 Å². The van der Waals surface area contributed by atoms with Gasteiger partial charge in [0.2, 0.25) is 5.79 Å². The predicted octanol–water partition coefficient (Wildman–Crippen LogP) is 1.04. The van der Waals surface area contributed by atoms with Gasteiger partial charge in [-0.05, 0) is 6.08 Å². The van der Waals surface area contributed by atoms with Crippen molar-refractivity contribution in [1.29, 1.82) is 0 Å². The Kier molecular flexibility index (Phi) is 2.28. The van der Waals surface area contributed by atoms with Crippen molar-refractivity contribution in [2.75, 3.05) is 0 Å². The monoisotopic (exact) mass is 114 g/mol. The van der Waals surface area contributed by atoms with Crippen LogP contribution in [0.2, 0.25) is 0 Å². The molecule has 0 heterocycles. The van der Waals surface area contributed by atoms with E-state index in [-0.39, 0.29) is 0 Å². The first-order chi connectivity index (χ1) is 3.62. The second kappa shape index (κ2) is 2.52. The van der Waals surface area contributed by atoms with Crippen molar-refractivity contribution in [2.45, 2.75) is 12.7 Å². The van der Waals surface area contributed by atoms with Gasteiger partial charge in [-0.25, -0.2) is 0 Å². The van der Waals surface area contributed by atoms with Crippen molar-refractivity contribution in [3.63, 3.8) is 0 Å². The van der Waals surface area contributed by atoms with E-state index < -0.39 is 5.79 Å². The van der Waals surface area contributed by atoms with Crippen LogP contribution in [0.25, 0.3) is 0 Å². The Bertz CT molecular complexity index is 94.7. The number of rotatable bonds is 3. The minimum atomic E-state index is -1.26. The molecule has 0 radical (unpaired) electrons. The van der Waals surface area contributed by atoms with E-state index in [0.717, 1.165) is 0 Å². The lowest BCUT2D eigenvalue weighted by Crippen LogP contribution is -2.21. The number of hydrogen-bond acceptors (Lipinski definition) is 2. The second-order valence-electron chi connectivity index (χ2n) is 1.54. The van der Waals surface area contributed by atoms with Crippen molar-refractivity contribution < 1.29 is 9.84 Å². The van der Waals surface area contributed by atoms with E-state index >= 15 is 0 Å². The third-order valence-corrected chi connectivity index (χ3v) is 0.701. The minimum absolute atomic E-state index is 1.17. The molecule has 1 unspecified atom stereocenters. The molecular formula is C6H10O2. The van der Waals surface area contributed by atoms with Gasteiger partial charge in [-0.15, -0.1) is 0 Å². The van der Waals surface area contributed by atoms with E-state index in [1.807, 2.05) is 0 Å². The van der Waals surface area contributed by atoms with Crippen LogP contribution in [0, 0.1) is 0 Å². The normalized spacial score (nSPS) is 16.2. The quantitative estimate of drug-likeness (QED) is 0.337. The standard InChI is InChI=1S/C6H10O2/c1-4-6(3,7)8-5-2/h4-5,7H,1-2H2,3H3. The van der Waals surface area contributed by atoms with Crippen molar-refractivity contribution in [2.24, 2.45) is 0 Å². The van der Waals surface area contributed by atoms with Crippen LogP contribution in [0.5, 0.6) is 0 Å². The van der Waals surface area contributed by atoms with Gasteiger partial charge in [0, 0.05) is 6.92 Å². The molecule has 0 fully saturated rings. The largest absolute Gasteiger partial charge is 0.467 e.